The predicted molar refractivity (Wildman–Crippen MR) is 118 cm³/mol. The molecule has 0 aliphatic carbocycles. The SMILES string of the molecule is [C-]#[N+]c1ccc2ncn(-c3ncc4c(n3)n(C3CCOc5c(F)cc(F)cc53)c(=O)n4C)c2c1. The van der Waals surface area contributed by atoms with Gasteiger partial charge in [-0.05, 0) is 18.2 Å². The number of fused-ring (bicyclic) bond motifs is 3. The molecule has 2 aromatic carbocycles. The summed E-state index contributed by atoms with van der Waals surface area (Å²) in [6.07, 6.45) is 3.39. The molecule has 1 aliphatic rings. The van der Waals surface area contributed by atoms with Crippen molar-refractivity contribution in [2.24, 2.45) is 7.05 Å². The van der Waals surface area contributed by atoms with Crippen LogP contribution in [-0.2, 0) is 7.05 Å². The number of aromatic nitrogens is 6. The molecule has 6 rings (SSSR count). The second-order valence-electron chi connectivity index (χ2n) is 7.95. The number of benzene rings is 2. The minimum atomic E-state index is -0.816. The maximum Gasteiger partial charge on any atom is 0.330 e. The smallest absolute Gasteiger partial charge is 0.330 e. The van der Waals surface area contributed by atoms with Crippen LogP contribution < -0.4 is 10.4 Å². The highest BCUT2D eigenvalue weighted by molar-refractivity contribution is 5.81. The van der Waals surface area contributed by atoms with Crippen LogP contribution in [0.5, 0.6) is 5.75 Å². The molecule has 0 fully saturated rings. The minimum absolute atomic E-state index is 0.0666. The van der Waals surface area contributed by atoms with Crippen molar-refractivity contribution < 1.29 is 13.5 Å². The highest BCUT2D eigenvalue weighted by Gasteiger charge is 2.30. The van der Waals surface area contributed by atoms with Gasteiger partial charge in [0.25, 0.3) is 0 Å². The summed E-state index contributed by atoms with van der Waals surface area (Å²) in [6, 6.07) is 6.35. The van der Waals surface area contributed by atoms with Crippen LogP contribution >= 0.6 is 0 Å². The molecule has 0 spiro atoms. The van der Waals surface area contributed by atoms with Crippen molar-refractivity contribution in [3.8, 4) is 11.7 Å². The van der Waals surface area contributed by atoms with Crippen LogP contribution in [-0.4, -0.2) is 35.3 Å². The Hall–Kier alpha value is -4.59. The largest absolute Gasteiger partial charge is 0.490 e. The average Bonchev–Trinajstić information content (AvgIpc) is 3.37. The quantitative estimate of drug-likeness (QED) is 0.376. The summed E-state index contributed by atoms with van der Waals surface area (Å²) in [5.41, 5.74) is 2.36. The van der Waals surface area contributed by atoms with Gasteiger partial charge in [-0.15, -0.1) is 0 Å². The Morgan fingerprint density at radius 1 is 1.18 bits per heavy atom. The van der Waals surface area contributed by atoms with E-state index in [0.717, 1.165) is 6.07 Å². The molecule has 0 amide bonds. The van der Waals surface area contributed by atoms with Crippen molar-refractivity contribution in [1.29, 1.82) is 0 Å². The van der Waals surface area contributed by atoms with Gasteiger partial charge in [0.15, 0.2) is 22.9 Å². The van der Waals surface area contributed by atoms with Crippen molar-refractivity contribution in [2.45, 2.75) is 12.5 Å². The second-order valence-corrected chi connectivity index (χ2v) is 7.95. The van der Waals surface area contributed by atoms with Gasteiger partial charge < -0.3 is 4.74 Å². The monoisotopic (exact) mass is 459 g/mol. The molecule has 5 aromatic rings. The number of hydrogen-bond acceptors (Lipinski definition) is 5. The molecule has 9 nitrogen and oxygen atoms in total. The van der Waals surface area contributed by atoms with E-state index in [1.807, 2.05) is 0 Å². The molecule has 1 atom stereocenters. The Kier molecular flexibility index (Phi) is 4.25. The highest BCUT2D eigenvalue weighted by Crippen LogP contribution is 2.38. The van der Waals surface area contributed by atoms with E-state index in [0.29, 0.717) is 34.3 Å². The first-order valence-corrected chi connectivity index (χ1v) is 10.4. The molecule has 11 heteroatoms. The van der Waals surface area contributed by atoms with Gasteiger partial charge in [-0.2, -0.15) is 4.98 Å². The number of nitrogens with zero attached hydrogens (tertiary/aromatic N) is 7. The minimum Gasteiger partial charge on any atom is -0.490 e. The average molecular weight is 459 g/mol. The third-order valence-corrected chi connectivity index (χ3v) is 6.04. The van der Waals surface area contributed by atoms with Crippen LogP contribution in [0.25, 0.3) is 33.0 Å². The van der Waals surface area contributed by atoms with Crippen molar-refractivity contribution in [1.82, 2.24) is 28.7 Å². The Labute approximate surface area is 190 Å². The molecule has 1 aliphatic heterocycles. The van der Waals surface area contributed by atoms with Crippen LogP contribution in [0.2, 0.25) is 0 Å². The molecule has 0 radical (unpaired) electrons. The Bertz CT molecular complexity index is 1730. The molecule has 168 valence electrons. The zero-order valence-corrected chi connectivity index (χ0v) is 17.7. The maximum atomic E-state index is 14.4. The number of aryl methyl sites for hydroxylation is 1. The van der Waals surface area contributed by atoms with Crippen molar-refractivity contribution in [2.75, 3.05) is 6.61 Å². The van der Waals surface area contributed by atoms with E-state index < -0.39 is 23.4 Å². The summed E-state index contributed by atoms with van der Waals surface area (Å²) < 4.78 is 38.3. The zero-order valence-electron chi connectivity index (χ0n) is 17.7. The van der Waals surface area contributed by atoms with E-state index in [2.05, 4.69) is 19.8 Å². The fraction of sp³-hybridized carbons (Fsp3) is 0.174. The van der Waals surface area contributed by atoms with E-state index in [4.69, 9.17) is 11.3 Å². The van der Waals surface area contributed by atoms with Gasteiger partial charge in [-0.25, -0.2) is 28.4 Å². The van der Waals surface area contributed by atoms with Crippen LogP contribution in [0, 0.1) is 18.2 Å². The third-order valence-electron chi connectivity index (χ3n) is 6.04. The third kappa shape index (κ3) is 2.82. The van der Waals surface area contributed by atoms with E-state index in [-0.39, 0.29) is 23.9 Å². The molecule has 1 unspecified atom stereocenters. The van der Waals surface area contributed by atoms with Crippen LogP contribution in [0.3, 0.4) is 0 Å². The summed E-state index contributed by atoms with van der Waals surface area (Å²) in [5, 5.41) is 0. The number of ether oxygens (including phenoxy) is 1. The number of rotatable bonds is 2. The van der Waals surface area contributed by atoms with Crippen LogP contribution in [0.4, 0.5) is 14.5 Å². The molecule has 0 saturated heterocycles. The van der Waals surface area contributed by atoms with Crippen LogP contribution in [0.1, 0.15) is 18.0 Å². The zero-order chi connectivity index (χ0) is 23.6. The van der Waals surface area contributed by atoms with Gasteiger partial charge in [0.1, 0.15) is 17.7 Å². The number of halogens is 2. The Morgan fingerprint density at radius 3 is 2.85 bits per heavy atom. The number of hydrogen-bond donors (Lipinski definition) is 0. The summed E-state index contributed by atoms with van der Waals surface area (Å²) in [5.74, 6) is -1.39. The van der Waals surface area contributed by atoms with Gasteiger partial charge in [-0.3, -0.25) is 13.7 Å². The van der Waals surface area contributed by atoms with Gasteiger partial charge >= 0.3 is 5.69 Å². The van der Waals surface area contributed by atoms with Gasteiger partial charge in [0, 0.05) is 25.1 Å². The van der Waals surface area contributed by atoms with E-state index in [1.54, 1.807) is 36.1 Å². The first kappa shape index (κ1) is 20.0. The number of imidazole rings is 2. The molecule has 3 aromatic heterocycles. The van der Waals surface area contributed by atoms with E-state index in [9.17, 15) is 13.6 Å². The first-order chi connectivity index (χ1) is 16.5. The molecule has 0 N–H and O–H groups in total. The first-order valence-electron chi connectivity index (χ1n) is 10.4. The molecular formula is C23H15F2N7O2. The molecule has 34 heavy (non-hydrogen) atoms. The molecule has 4 heterocycles. The van der Waals surface area contributed by atoms with Crippen molar-refractivity contribution in [3.05, 3.63) is 82.0 Å². The topological polar surface area (TPSA) is 84.1 Å². The van der Waals surface area contributed by atoms with Gasteiger partial charge in [0.2, 0.25) is 5.95 Å². The summed E-state index contributed by atoms with van der Waals surface area (Å²) in [7, 11) is 1.59. The normalized spacial score (nSPS) is 15.3. The Morgan fingerprint density at radius 2 is 2.03 bits per heavy atom. The lowest BCUT2D eigenvalue weighted by Crippen LogP contribution is -2.30. The van der Waals surface area contributed by atoms with Crippen LogP contribution in [0.15, 0.2) is 47.7 Å². The predicted octanol–water partition coefficient (Wildman–Crippen LogP) is 3.67. The Balaban J connectivity index is 1.59. The standard InChI is InChI=1S/C23H15F2N7O2/c1-26-13-3-4-16-18(9-13)31(11-28-16)22-27-10-19-21(29-22)32(23(33)30(19)2)17-5-6-34-20-14(17)7-12(24)8-15(20)25/h3-4,7-11,17H,5-6H2,2H3. The lowest BCUT2D eigenvalue weighted by molar-refractivity contribution is 0.242. The van der Waals surface area contributed by atoms with Gasteiger partial charge in [0.05, 0.1) is 36.5 Å². The lowest BCUT2D eigenvalue weighted by atomic mass is 10.00. The molecule has 0 bridgehead atoms. The van der Waals surface area contributed by atoms with E-state index >= 15 is 0 Å². The highest BCUT2D eigenvalue weighted by atomic mass is 19.1. The lowest BCUT2D eigenvalue weighted by Gasteiger charge is -2.27. The fourth-order valence-corrected chi connectivity index (χ4v) is 4.42. The molecule has 0 saturated carbocycles. The summed E-state index contributed by atoms with van der Waals surface area (Å²) in [4.78, 5) is 30.1. The summed E-state index contributed by atoms with van der Waals surface area (Å²) >= 11 is 0. The van der Waals surface area contributed by atoms with Crippen molar-refractivity contribution >= 4 is 27.9 Å². The fourth-order valence-electron chi connectivity index (χ4n) is 4.42. The second kappa shape index (κ2) is 7.21. The van der Waals surface area contributed by atoms with Gasteiger partial charge in [-0.1, -0.05) is 6.07 Å². The van der Waals surface area contributed by atoms with Crippen molar-refractivity contribution in [3.63, 3.8) is 0 Å². The van der Waals surface area contributed by atoms with E-state index in [1.165, 1.54) is 21.4 Å². The maximum absolute atomic E-state index is 14.4. The molecular weight excluding hydrogens is 444 g/mol. The summed E-state index contributed by atoms with van der Waals surface area (Å²) in [6.45, 7) is 7.43.